The zero-order valence-electron chi connectivity index (χ0n) is 15.0. The topological polar surface area (TPSA) is 47.6 Å². The smallest absolute Gasteiger partial charge is 0.393 e. The number of halogens is 3. The number of rotatable bonds is 4. The molecule has 0 bridgehead atoms. The van der Waals surface area contributed by atoms with E-state index in [-0.39, 0.29) is 18.6 Å². The SMILES string of the molecule is CC1(C)Cc2cccc(OCC(=O)NC3CCCCC3C(F)(F)F)c2O1. The number of carbonyl (C=O) groups excluding carboxylic acids is 1. The third-order valence-corrected chi connectivity index (χ3v) is 4.95. The van der Waals surface area contributed by atoms with Gasteiger partial charge in [0.05, 0.1) is 5.92 Å². The zero-order chi connectivity index (χ0) is 18.9. The van der Waals surface area contributed by atoms with Crippen LogP contribution in [0, 0.1) is 5.92 Å². The first-order valence-corrected chi connectivity index (χ1v) is 8.95. The highest BCUT2D eigenvalue weighted by atomic mass is 19.4. The van der Waals surface area contributed by atoms with E-state index < -0.39 is 24.0 Å². The highest BCUT2D eigenvalue weighted by molar-refractivity contribution is 5.78. The lowest BCUT2D eigenvalue weighted by atomic mass is 9.84. The molecule has 0 saturated heterocycles. The molecule has 2 unspecified atom stereocenters. The number of amides is 1. The predicted octanol–water partition coefficient (Wildman–Crippen LogP) is 4.02. The van der Waals surface area contributed by atoms with Crippen LogP contribution in [0.5, 0.6) is 11.5 Å². The van der Waals surface area contributed by atoms with Gasteiger partial charge in [-0.25, -0.2) is 0 Å². The van der Waals surface area contributed by atoms with Crippen molar-refractivity contribution in [1.29, 1.82) is 0 Å². The summed E-state index contributed by atoms with van der Waals surface area (Å²) >= 11 is 0. The lowest BCUT2D eigenvalue weighted by Crippen LogP contribution is -2.48. The molecule has 26 heavy (non-hydrogen) atoms. The Kier molecular flexibility index (Phi) is 5.08. The molecular weight excluding hydrogens is 347 g/mol. The van der Waals surface area contributed by atoms with E-state index in [1.807, 2.05) is 26.0 Å². The lowest BCUT2D eigenvalue weighted by Gasteiger charge is -2.33. The van der Waals surface area contributed by atoms with Crippen molar-refractivity contribution < 1.29 is 27.4 Å². The Morgan fingerprint density at radius 1 is 1.31 bits per heavy atom. The molecule has 144 valence electrons. The van der Waals surface area contributed by atoms with E-state index in [2.05, 4.69) is 5.32 Å². The molecule has 1 aromatic carbocycles. The molecule has 7 heteroatoms. The van der Waals surface area contributed by atoms with Gasteiger partial charge in [-0.05, 0) is 32.8 Å². The zero-order valence-corrected chi connectivity index (χ0v) is 15.0. The van der Waals surface area contributed by atoms with Crippen LogP contribution in [0.2, 0.25) is 0 Å². The molecule has 3 rings (SSSR count). The van der Waals surface area contributed by atoms with Gasteiger partial charge in [0.1, 0.15) is 5.60 Å². The van der Waals surface area contributed by atoms with E-state index in [1.165, 1.54) is 0 Å². The summed E-state index contributed by atoms with van der Waals surface area (Å²) < 4.78 is 50.8. The van der Waals surface area contributed by atoms with Crippen molar-refractivity contribution in [1.82, 2.24) is 5.32 Å². The minimum atomic E-state index is -4.29. The standard InChI is InChI=1S/C19H24F3NO3/c1-18(2)10-12-6-5-9-15(17(12)26-18)25-11-16(24)23-14-8-4-3-7-13(14)19(20,21)22/h5-6,9,13-14H,3-4,7-8,10-11H2,1-2H3,(H,23,24). The van der Waals surface area contributed by atoms with Crippen LogP contribution < -0.4 is 14.8 Å². The van der Waals surface area contributed by atoms with Crippen molar-refractivity contribution in [3.05, 3.63) is 23.8 Å². The second-order valence-electron chi connectivity index (χ2n) is 7.68. The summed E-state index contributed by atoms with van der Waals surface area (Å²) in [4.78, 5) is 12.1. The van der Waals surface area contributed by atoms with Crippen LogP contribution in [0.15, 0.2) is 18.2 Å². The molecule has 4 nitrogen and oxygen atoms in total. The van der Waals surface area contributed by atoms with Gasteiger partial charge in [-0.2, -0.15) is 13.2 Å². The molecule has 1 N–H and O–H groups in total. The van der Waals surface area contributed by atoms with Crippen LogP contribution in [0.3, 0.4) is 0 Å². The summed E-state index contributed by atoms with van der Waals surface area (Å²) in [5.74, 6) is -0.971. The van der Waals surface area contributed by atoms with Crippen LogP contribution in [0.4, 0.5) is 13.2 Å². The number of ether oxygens (including phenoxy) is 2. The molecule has 1 saturated carbocycles. The van der Waals surface area contributed by atoms with Crippen molar-refractivity contribution in [3.8, 4) is 11.5 Å². The van der Waals surface area contributed by atoms with Crippen molar-refractivity contribution >= 4 is 5.91 Å². The van der Waals surface area contributed by atoms with Gasteiger partial charge in [0.2, 0.25) is 0 Å². The quantitative estimate of drug-likeness (QED) is 0.870. The number of hydrogen-bond acceptors (Lipinski definition) is 3. The lowest BCUT2D eigenvalue weighted by molar-refractivity contribution is -0.189. The monoisotopic (exact) mass is 371 g/mol. The van der Waals surface area contributed by atoms with Gasteiger partial charge < -0.3 is 14.8 Å². The third kappa shape index (κ3) is 4.24. The molecular formula is C19H24F3NO3. The summed E-state index contributed by atoms with van der Waals surface area (Å²) in [6, 6.07) is 4.58. The Hall–Kier alpha value is -1.92. The van der Waals surface area contributed by atoms with Crippen LogP contribution in [-0.4, -0.2) is 30.3 Å². The Balaban J connectivity index is 1.59. The number of benzene rings is 1. The molecule has 0 radical (unpaired) electrons. The first-order valence-electron chi connectivity index (χ1n) is 8.95. The highest BCUT2D eigenvalue weighted by Gasteiger charge is 2.46. The summed E-state index contributed by atoms with van der Waals surface area (Å²) in [5.41, 5.74) is 0.656. The maximum absolute atomic E-state index is 13.1. The number of carbonyl (C=O) groups is 1. The molecule has 1 aliphatic carbocycles. The second-order valence-corrected chi connectivity index (χ2v) is 7.68. The summed E-state index contributed by atoms with van der Waals surface area (Å²) in [6.07, 6.45) is -1.93. The Morgan fingerprint density at radius 2 is 2.04 bits per heavy atom. The second kappa shape index (κ2) is 7.00. The van der Waals surface area contributed by atoms with Gasteiger partial charge >= 0.3 is 6.18 Å². The summed E-state index contributed by atoms with van der Waals surface area (Å²) in [7, 11) is 0. The number of para-hydroxylation sites is 1. The summed E-state index contributed by atoms with van der Waals surface area (Å²) in [6.45, 7) is 3.59. The van der Waals surface area contributed by atoms with E-state index in [4.69, 9.17) is 9.47 Å². The van der Waals surface area contributed by atoms with Gasteiger partial charge in [0.15, 0.2) is 18.1 Å². The summed E-state index contributed by atoms with van der Waals surface area (Å²) in [5, 5.41) is 2.50. The van der Waals surface area contributed by atoms with Crippen molar-refractivity contribution in [2.75, 3.05) is 6.61 Å². The number of fused-ring (bicyclic) bond motifs is 1. The molecule has 2 aliphatic rings. The molecule has 0 spiro atoms. The van der Waals surface area contributed by atoms with Gasteiger partial charge in [-0.15, -0.1) is 0 Å². The number of hydrogen-bond donors (Lipinski definition) is 1. The Bertz CT molecular complexity index is 672. The Labute approximate surface area is 151 Å². The van der Waals surface area contributed by atoms with Gasteiger partial charge in [0, 0.05) is 18.0 Å². The largest absolute Gasteiger partial charge is 0.483 e. The maximum Gasteiger partial charge on any atom is 0.393 e. The first-order chi connectivity index (χ1) is 12.2. The molecule has 1 heterocycles. The average molecular weight is 371 g/mol. The number of alkyl halides is 3. The normalized spacial score (nSPS) is 24.5. The molecule has 1 aliphatic heterocycles. The third-order valence-electron chi connectivity index (χ3n) is 4.95. The maximum atomic E-state index is 13.1. The van der Waals surface area contributed by atoms with Crippen LogP contribution in [0.1, 0.15) is 45.1 Å². The minimum absolute atomic E-state index is 0.0599. The predicted molar refractivity (Wildman–Crippen MR) is 90.3 cm³/mol. The highest BCUT2D eigenvalue weighted by Crippen LogP contribution is 2.42. The van der Waals surface area contributed by atoms with E-state index in [9.17, 15) is 18.0 Å². The first kappa shape index (κ1) is 18.9. The molecule has 1 amide bonds. The number of nitrogens with one attached hydrogen (secondary N) is 1. The average Bonchev–Trinajstić information content (AvgIpc) is 2.86. The molecule has 0 aromatic heterocycles. The molecule has 2 atom stereocenters. The van der Waals surface area contributed by atoms with E-state index in [0.717, 1.165) is 12.0 Å². The van der Waals surface area contributed by atoms with E-state index >= 15 is 0 Å². The van der Waals surface area contributed by atoms with Crippen LogP contribution in [0.25, 0.3) is 0 Å². The Morgan fingerprint density at radius 3 is 2.77 bits per heavy atom. The van der Waals surface area contributed by atoms with E-state index in [0.29, 0.717) is 30.8 Å². The van der Waals surface area contributed by atoms with Crippen molar-refractivity contribution in [2.24, 2.45) is 5.92 Å². The molecule has 1 fully saturated rings. The fourth-order valence-corrected chi connectivity index (χ4v) is 3.79. The van der Waals surface area contributed by atoms with Gasteiger partial charge in [-0.1, -0.05) is 25.0 Å². The van der Waals surface area contributed by atoms with Gasteiger partial charge in [-0.3, -0.25) is 4.79 Å². The van der Waals surface area contributed by atoms with Crippen molar-refractivity contribution in [2.45, 2.75) is 63.8 Å². The molecule has 1 aromatic rings. The minimum Gasteiger partial charge on any atom is -0.483 e. The van der Waals surface area contributed by atoms with Gasteiger partial charge in [0.25, 0.3) is 5.91 Å². The fourth-order valence-electron chi connectivity index (χ4n) is 3.79. The fraction of sp³-hybridized carbons (Fsp3) is 0.632. The van der Waals surface area contributed by atoms with E-state index in [1.54, 1.807) is 6.07 Å². The van der Waals surface area contributed by atoms with Crippen molar-refractivity contribution in [3.63, 3.8) is 0 Å². The van der Waals surface area contributed by atoms with Crippen LogP contribution >= 0.6 is 0 Å². The van der Waals surface area contributed by atoms with Crippen LogP contribution in [-0.2, 0) is 11.2 Å².